The summed E-state index contributed by atoms with van der Waals surface area (Å²) in [6, 6.07) is 6.22. The average molecular weight is 353 g/mol. The Hall–Kier alpha value is -2.80. The Balaban J connectivity index is 1.77. The lowest BCUT2D eigenvalue weighted by molar-refractivity contribution is 0.100. The molecule has 1 saturated carbocycles. The highest BCUT2D eigenvalue weighted by Crippen LogP contribution is 2.31. The summed E-state index contributed by atoms with van der Waals surface area (Å²) in [5.41, 5.74) is 6.96. The van der Waals surface area contributed by atoms with Crippen LogP contribution in [0.5, 0.6) is 0 Å². The van der Waals surface area contributed by atoms with Crippen molar-refractivity contribution >= 4 is 23.1 Å². The van der Waals surface area contributed by atoms with Crippen molar-refractivity contribution in [2.75, 3.05) is 5.73 Å². The van der Waals surface area contributed by atoms with E-state index in [1.807, 2.05) is 0 Å². The summed E-state index contributed by atoms with van der Waals surface area (Å²) in [4.78, 5) is 13.3. The van der Waals surface area contributed by atoms with Gasteiger partial charge in [0.1, 0.15) is 11.6 Å². The summed E-state index contributed by atoms with van der Waals surface area (Å²) in [7, 11) is 1.81. The first kappa shape index (κ1) is 16.7. The summed E-state index contributed by atoms with van der Waals surface area (Å²) in [5, 5.41) is 10.4. The summed E-state index contributed by atoms with van der Waals surface area (Å²) in [6.07, 6.45) is 6.98. The van der Waals surface area contributed by atoms with Crippen LogP contribution < -0.4 is 5.73 Å². The van der Waals surface area contributed by atoms with Gasteiger partial charge in [0.15, 0.2) is 22.8 Å². The number of halogens is 1. The molecular formula is C19H20FN5O. The van der Waals surface area contributed by atoms with Gasteiger partial charge in [-0.25, -0.2) is 19.3 Å². The van der Waals surface area contributed by atoms with Crippen LogP contribution in [0.2, 0.25) is 0 Å². The third kappa shape index (κ3) is 2.94. The van der Waals surface area contributed by atoms with Crippen molar-refractivity contribution in [1.82, 2.24) is 19.5 Å². The Kier molecular flexibility index (Phi) is 3.96. The lowest BCUT2D eigenvalue weighted by Gasteiger charge is -2.16. The maximum Gasteiger partial charge on any atom is 0.166 e. The molecule has 4 rings (SSSR count). The molecule has 3 aromatic rings. The highest BCUT2D eigenvalue weighted by molar-refractivity contribution is 5.86. The number of nitrogen functional groups attached to an aromatic ring is 1. The van der Waals surface area contributed by atoms with Crippen molar-refractivity contribution < 1.29 is 9.50 Å². The quantitative estimate of drug-likeness (QED) is 0.755. The molecule has 6 nitrogen and oxygen atoms in total. The van der Waals surface area contributed by atoms with E-state index in [2.05, 4.69) is 15.0 Å². The van der Waals surface area contributed by atoms with Crippen LogP contribution in [0.4, 0.5) is 10.2 Å². The molecule has 0 amide bonds. The Bertz CT molecular complexity index is 1000. The van der Waals surface area contributed by atoms with E-state index in [9.17, 15) is 9.50 Å². The standard InChI is InChI=1S/C19H20FN5O/c1-25-17(12-5-4-6-13(20)11-12)24-15-16(21)22-14(23-18(15)25)7-10-19(26)8-2-3-9-19/h4-7,10-11,26H,2-3,8-9H2,1H3,(H2,21,22,23)/b10-7+. The Morgan fingerprint density at radius 2 is 2.00 bits per heavy atom. The number of hydrogen-bond acceptors (Lipinski definition) is 5. The van der Waals surface area contributed by atoms with Crippen LogP contribution in [0.15, 0.2) is 30.3 Å². The van der Waals surface area contributed by atoms with Crippen molar-refractivity contribution in [1.29, 1.82) is 0 Å². The molecular weight excluding hydrogens is 333 g/mol. The van der Waals surface area contributed by atoms with E-state index in [0.717, 1.165) is 25.7 Å². The molecule has 1 aliphatic rings. The number of aromatic nitrogens is 4. The van der Waals surface area contributed by atoms with E-state index in [0.29, 0.717) is 28.4 Å². The fourth-order valence-electron chi connectivity index (χ4n) is 3.44. The van der Waals surface area contributed by atoms with Gasteiger partial charge in [0.25, 0.3) is 0 Å². The van der Waals surface area contributed by atoms with E-state index in [1.165, 1.54) is 12.1 Å². The molecule has 0 atom stereocenters. The fourth-order valence-corrected chi connectivity index (χ4v) is 3.44. The molecule has 0 bridgehead atoms. The topological polar surface area (TPSA) is 89.9 Å². The first-order valence-corrected chi connectivity index (χ1v) is 8.63. The summed E-state index contributed by atoms with van der Waals surface area (Å²) in [5.74, 6) is 0.911. The van der Waals surface area contributed by atoms with E-state index < -0.39 is 5.60 Å². The average Bonchev–Trinajstić information content (AvgIpc) is 3.18. The van der Waals surface area contributed by atoms with Gasteiger partial charge >= 0.3 is 0 Å². The van der Waals surface area contributed by atoms with Crippen LogP contribution in [0.1, 0.15) is 31.5 Å². The molecule has 0 aliphatic heterocycles. The predicted molar refractivity (Wildman–Crippen MR) is 98.6 cm³/mol. The van der Waals surface area contributed by atoms with Crippen LogP contribution in [0.25, 0.3) is 28.6 Å². The minimum atomic E-state index is -0.785. The number of rotatable bonds is 3. The van der Waals surface area contributed by atoms with Gasteiger partial charge < -0.3 is 15.4 Å². The smallest absolute Gasteiger partial charge is 0.166 e. The van der Waals surface area contributed by atoms with Crippen molar-refractivity contribution in [3.63, 3.8) is 0 Å². The number of hydrogen-bond donors (Lipinski definition) is 2. The first-order chi connectivity index (χ1) is 12.5. The fraction of sp³-hybridized carbons (Fsp3) is 0.316. The van der Waals surface area contributed by atoms with Gasteiger partial charge in [0.2, 0.25) is 0 Å². The van der Waals surface area contributed by atoms with E-state index in [1.54, 1.807) is 35.9 Å². The number of fused-ring (bicyclic) bond motifs is 1. The van der Waals surface area contributed by atoms with Crippen LogP contribution >= 0.6 is 0 Å². The van der Waals surface area contributed by atoms with Gasteiger partial charge in [-0.15, -0.1) is 0 Å². The number of aliphatic hydroxyl groups is 1. The van der Waals surface area contributed by atoms with Gasteiger partial charge in [-0.3, -0.25) is 0 Å². The Morgan fingerprint density at radius 3 is 2.73 bits per heavy atom. The monoisotopic (exact) mass is 353 g/mol. The number of imidazole rings is 1. The van der Waals surface area contributed by atoms with E-state index in [-0.39, 0.29) is 11.6 Å². The van der Waals surface area contributed by atoms with Gasteiger partial charge in [-0.1, -0.05) is 25.0 Å². The number of anilines is 1. The van der Waals surface area contributed by atoms with Crippen LogP contribution in [0.3, 0.4) is 0 Å². The van der Waals surface area contributed by atoms with Crippen molar-refractivity contribution in [3.8, 4) is 11.4 Å². The molecule has 0 radical (unpaired) electrons. The molecule has 3 N–H and O–H groups in total. The molecule has 1 fully saturated rings. The van der Waals surface area contributed by atoms with Crippen LogP contribution in [-0.4, -0.2) is 30.2 Å². The molecule has 2 aromatic heterocycles. The number of nitrogens with two attached hydrogens (primary N) is 1. The van der Waals surface area contributed by atoms with Crippen molar-refractivity contribution in [2.45, 2.75) is 31.3 Å². The lowest BCUT2D eigenvalue weighted by Crippen LogP contribution is -2.19. The third-order valence-electron chi connectivity index (χ3n) is 4.86. The minimum absolute atomic E-state index is 0.256. The van der Waals surface area contributed by atoms with Gasteiger partial charge in [-0.05, 0) is 37.1 Å². The van der Waals surface area contributed by atoms with Crippen LogP contribution in [-0.2, 0) is 7.05 Å². The highest BCUT2D eigenvalue weighted by atomic mass is 19.1. The maximum atomic E-state index is 13.5. The zero-order chi connectivity index (χ0) is 18.3. The van der Waals surface area contributed by atoms with Crippen LogP contribution in [0, 0.1) is 5.82 Å². The summed E-state index contributed by atoms with van der Waals surface area (Å²) >= 11 is 0. The second-order valence-electron chi connectivity index (χ2n) is 6.79. The first-order valence-electron chi connectivity index (χ1n) is 8.63. The van der Waals surface area contributed by atoms with Crippen molar-refractivity contribution in [2.24, 2.45) is 7.05 Å². The van der Waals surface area contributed by atoms with E-state index >= 15 is 0 Å². The van der Waals surface area contributed by atoms with Gasteiger partial charge in [0.05, 0.1) is 5.60 Å². The second-order valence-corrected chi connectivity index (χ2v) is 6.79. The third-order valence-corrected chi connectivity index (χ3v) is 4.86. The Labute approximate surface area is 150 Å². The second kappa shape index (κ2) is 6.17. The SMILES string of the molecule is Cn1c(-c2cccc(F)c2)nc2c(N)nc(/C=C/C3(O)CCCC3)nc21. The number of aryl methyl sites for hydroxylation is 1. The summed E-state index contributed by atoms with van der Waals surface area (Å²) < 4.78 is 15.3. The van der Waals surface area contributed by atoms with Gasteiger partial charge in [0, 0.05) is 12.6 Å². The molecule has 7 heteroatoms. The Morgan fingerprint density at radius 1 is 1.23 bits per heavy atom. The normalized spacial score (nSPS) is 16.7. The maximum absolute atomic E-state index is 13.5. The number of benzene rings is 1. The zero-order valence-corrected chi connectivity index (χ0v) is 14.5. The predicted octanol–water partition coefficient (Wildman–Crippen LogP) is 3.07. The molecule has 26 heavy (non-hydrogen) atoms. The van der Waals surface area contributed by atoms with Crippen molar-refractivity contribution in [3.05, 3.63) is 42.0 Å². The molecule has 0 spiro atoms. The van der Waals surface area contributed by atoms with E-state index in [4.69, 9.17) is 5.73 Å². The molecule has 1 aliphatic carbocycles. The molecule has 0 saturated heterocycles. The molecule has 1 aromatic carbocycles. The molecule has 2 heterocycles. The molecule has 134 valence electrons. The minimum Gasteiger partial charge on any atom is -0.386 e. The number of nitrogens with zero attached hydrogens (tertiary/aromatic N) is 4. The summed E-state index contributed by atoms with van der Waals surface area (Å²) in [6.45, 7) is 0. The molecule has 0 unspecified atom stereocenters. The van der Waals surface area contributed by atoms with Gasteiger partial charge in [-0.2, -0.15) is 0 Å². The zero-order valence-electron chi connectivity index (χ0n) is 14.5. The highest BCUT2D eigenvalue weighted by Gasteiger charge is 2.28. The largest absolute Gasteiger partial charge is 0.386 e. The lowest BCUT2D eigenvalue weighted by atomic mass is 10.0.